The van der Waals surface area contributed by atoms with E-state index in [9.17, 15) is 26.6 Å². The number of aliphatic carboxylic acids is 1. The molecule has 3 aromatic carbocycles. The lowest BCUT2D eigenvalue weighted by molar-refractivity contribution is -0.132. The van der Waals surface area contributed by atoms with Gasteiger partial charge in [-0.15, -0.1) is 0 Å². The number of hydrogen-bond donors (Lipinski definition) is 2. The summed E-state index contributed by atoms with van der Waals surface area (Å²) < 4.78 is 85.6. The molecule has 0 saturated heterocycles. The summed E-state index contributed by atoms with van der Waals surface area (Å²) in [7, 11) is -7.58. The minimum atomic E-state index is -4.05. The van der Waals surface area contributed by atoms with Crippen LogP contribution in [-0.4, -0.2) is 32.7 Å². The second kappa shape index (κ2) is 12.5. The molecule has 2 N–H and O–H groups in total. The van der Waals surface area contributed by atoms with Crippen LogP contribution in [0.3, 0.4) is 0 Å². The van der Waals surface area contributed by atoms with Crippen molar-refractivity contribution < 1.29 is 45.4 Å². The Morgan fingerprint density at radius 2 is 1.51 bits per heavy atom. The summed E-state index contributed by atoms with van der Waals surface area (Å²) in [4.78, 5) is 10.8. The number of halogens is 2. The fourth-order valence-corrected chi connectivity index (χ4v) is 5.95. The van der Waals surface area contributed by atoms with E-state index < -0.39 is 41.0 Å². The van der Waals surface area contributed by atoms with Gasteiger partial charge in [0.25, 0.3) is 10.0 Å². The van der Waals surface area contributed by atoms with Crippen LogP contribution in [0.2, 0.25) is 0 Å². The summed E-state index contributed by atoms with van der Waals surface area (Å²) in [5, 5.41) is 9.20. The van der Waals surface area contributed by atoms with E-state index in [0.717, 1.165) is 18.2 Å². The summed E-state index contributed by atoms with van der Waals surface area (Å²) in [5.41, 5.74) is 0.0753. The summed E-state index contributed by atoms with van der Waals surface area (Å²) in [5.74, 6) is -4.14. The minimum Gasteiger partial charge on any atom is -0.478 e. The highest BCUT2D eigenvalue weighted by molar-refractivity contribution is 7.92. The standard InChI is InChI=1S/C26H26F2NO8PS/c1-4-35-38(32,36-5-2)21-10-6-19(7-11-21)29-39(33,34)22-12-8-20(9-13-22)37-25-23(27)15-18(16-24(25)28)14-17(3)26(30)31/h6-16,29H,4-5H2,1-3H3,(H,30,31)/b17-14+. The molecule has 39 heavy (non-hydrogen) atoms. The van der Waals surface area contributed by atoms with E-state index >= 15 is 0 Å². The predicted molar refractivity (Wildman–Crippen MR) is 142 cm³/mol. The smallest absolute Gasteiger partial charge is 0.361 e. The van der Waals surface area contributed by atoms with Crippen LogP contribution in [0, 0.1) is 11.6 Å². The first kappa shape index (κ1) is 30.0. The molecule has 0 aromatic heterocycles. The van der Waals surface area contributed by atoms with Crippen molar-refractivity contribution in [1.29, 1.82) is 0 Å². The fourth-order valence-electron chi connectivity index (χ4n) is 3.33. The Labute approximate surface area is 224 Å². The van der Waals surface area contributed by atoms with Crippen molar-refractivity contribution in [2.24, 2.45) is 0 Å². The van der Waals surface area contributed by atoms with Gasteiger partial charge in [0, 0.05) is 11.3 Å². The molecular formula is C26H26F2NO8PS. The van der Waals surface area contributed by atoms with Gasteiger partial charge in [-0.3, -0.25) is 9.29 Å². The molecule has 0 heterocycles. The topological polar surface area (TPSA) is 128 Å². The number of nitrogens with one attached hydrogen (secondary N) is 1. The molecule has 0 radical (unpaired) electrons. The van der Waals surface area contributed by atoms with Crippen LogP contribution in [0.4, 0.5) is 14.5 Å². The SMILES string of the molecule is CCOP(=O)(OCC)c1ccc(NS(=O)(=O)c2ccc(Oc3c(F)cc(/C=C(\C)C(=O)O)cc3F)cc2)cc1. The second-order valence-corrected chi connectivity index (χ2v) is 11.7. The third-order valence-corrected chi connectivity index (χ3v) is 8.65. The van der Waals surface area contributed by atoms with Crippen LogP contribution >= 0.6 is 7.60 Å². The molecule has 9 nitrogen and oxygen atoms in total. The highest BCUT2D eigenvalue weighted by Gasteiger charge is 2.26. The van der Waals surface area contributed by atoms with E-state index in [1.807, 2.05) is 0 Å². The molecule has 0 atom stereocenters. The van der Waals surface area contributed by atoms with Crippen molar-refractivity contribution in [1.82, 2.24) is 0 Å². The molecule has 3 rings (SSSR count). The highest BCUT2D eigenvalue weighted by Crippen LogP contribution is 2.46. The summed E-state index contributed by atoms with van der Waals surface area (Å²) in [6.07, 6.45) is 1.11. The average molecular weight is 582 g/mol. The minimum absolute atomic E-state index is 0.00334. The van der Waals surface area contributed by atoms with Gasteiger partial charge in [-0.2, -0.15) is 0 Å². The van der Waals surface area contributed by atoms with Gasteiger partial charge >= 0.3 is 13.6 Å². The maximum atomic E-state index is 14.5. The molecule has 0 fully saturated rings. The maximum absolute atomic E-state index is 14.5. The molecule has 0 amide bonds. The molecule has 0 saturated carbocycles. The maximum Gasteiger partial charge on any atom is 0.361 e. The van der Waals surface area contributed by atoms with E-state index in [4.69, 9.17) is 18.9 Å². The zero-order valence-electron chi connectivity index (χ0n) is 21.2. The summed E-state index contributed by atoms with van der Waals surface area (Å²) >= 11 is 0. The van der Waals surface area contributed by atoms with Crippen LogP contribution in [-0.2, 0) is 28.4 Å². The number of carbonyl (C=O) groups is 1. The van der Waals surface area contributed by atoms with E-state index in [2.05, 4.69) is 4.72 Å². The molecule has 0 bridgehead atoms. The molecule has 3 aromatic rings. The molecule has 0 aliphatic heterocycles. The van der Waals surface area contributed by atoms with E-state index in [-0.39, 0.29) is 46.0 Å². The number of hydrogen-bond acceptors (Lipinski definition) is 7. The second-order valence-electron chi connectivity index (χ2n) is 8.01. The Kier molecular flexibility index (Phi) is 9.63. The largest absolute Gasteiger partial charge is 0.478 e. The molecule has 13 heteroatoms. The zero-order chi connectivity index (χ0) is 28.8. The van der Waals surface area contributed by atoms with Crippen LogP contribution in [0.25, 0.3) is 6.08 Å². The third kappa shape index (κ3) is 7.51. The highest BCUT2D eigenvalue weighted by atomic mass is 32.2. The van der Waals surface area contributed by atoms with Crippen LogP contribution in [0.15, 0.2) is 71.1 Å². The van der Waals surface area contributed by atoms with Gasteiger partial charge in [-0.25, -0.2) is 22.0 Å². The van der Waals surface area contributed by atoms with Gasteiger partial charge in [0.1, 0.15) is 5.75 Å². The number of benzene rings is 3. The molecular weight excluding hydrogens is 555 g/mol. The van der Waals surface area contributed by atoms with E-state index in [1.54, 1.807) is 13.8 Å². The zero-order valence-corrected chi connectivity index (χ0v) is 22.9. The predicted octanol–water partition coefficient (Wildman–Crippen LogP) is 5.94. The quantitative estimate of drug-likeness (QED) is 0.199. The molecule has 0 unspecified atom stereocenters. The Balaban J connectivity index is 1.75. The van der Waals surface area contributed by atoms with Crippen LogP contribution in [0.5, 0.6) is 11.5 Å². The van der Waals surface area contributed by atoms with E-state index in [0.29, 0.717) is 0 Å². The molecule has 208 valence electrons. The first-order valence-corrected chi connectivity index (χ1v) is 14.6. The number of carboxylic acids is 1. The number of anilines is 1. The Morgan fingerprint density at radius 3 is 2.00 bits per heavy atom. The lowest BCUT2D eigenvalue weighted by atomic mass is 10.1. The average Bonchev–Trinajstić information content (AvgIpc) is 2.87. The summed E-state index contributed by atoms with van der Waals surface area (Å²) in [6, 6.07) is 12.4. The van der Waals surface area contributed by atoms with Crippen LogP contribution in [0.1, 0.15) is 26.3 Å². The van der Waals surface area contributed by atoms with Gasteiger partial charge < -0.3 is 18.9 Å². The van der Waals surface area contributed by atoms with Gasteiger partial charge in [0.05, 0.1) is 23.4 Å². The van der Waals surface area contributed by atoms with Crippen LogP contribution < -0.4 is 14.8 Å². The normalized spacial score (nSPS) is 12.3. The van der Waals surface area contributed by atoms with Crippen molar-refractivity contribution in [3.63, 3.8) is 0 Å². The number of ether oxygens (including phenoxy) is 1. The van der Waals surface area contributed by atoms with Crippen molar-refractivity contribution in [3.05, 3.63) is 83.4 Å². The Hall–Kier alpha value is -3.57. The lowest BCUT2D eigenvalue weighted by Crippen LogP contribution is -2.14. The first-order valence-electron chi connectivity index (χ1n) is 11.6. The Bertz CT molecular complexity index is 1490. The summed E-state index contributed by atoms with van der Waals surface area (Å²) in [6.45, 7) is 4.97. The van der Waals surface area contributed by atoms with Gasteiger partial charge in [-0.1, -0.05) is 0 Å². The number of carboxylic acid groups (broad SMARTS) is 1. The molecule has 0 aliphatic carbocycles. The van der Waals surface area contributed by atoms with Crippen molar-refractivity contribution in [3.8, 4) is 11.5 Å². The molecule has 0 aliphatic rings. The first-order chi connectivity index (χ1) is 18.4. The Morgan fingerprint density at radius 1 is 0.974 bits per heavy atom. The van der Waals surface area contributed by atoms with E-state index in [1.165, 1.54) is 55.5 Å². The fraction of sp³-hybridized carbons (Fsp3) is 0.192. The number of rotatable bonds is 12. The lowest BCUT2D eigenvalue weighted by Gasteiger charge is -2.17. The van der Waals surface area contributed by atoms with Crippen molar-refractivity contribution in [2.75, 3.05) is 17.9 Å². The third-order valence-electron chi connectivity index (χ3n) is 5.13. The van der Waals surface area contributed by atoms with Gasteiger partial charge in [-0.05, 0) is 93.1 Å². The van der Waals surface area contributed by atoms with Gasteiger partial charge in [0.15, 0.2) is 17.4 Å². The number of sulfonamides is 1. The van der Waals surface area contributed by atoms with Gasteiger partial charge in [0.2, 0.25) is 0 Å². The van der Waals surface area contributed by atoms with Crippen molar-refractivity contribution >= 4 is 40.7 Å². The molecule has 0 spiro atoms. The van der Waals surface area contributed by atoms with Crippen molar-refractivity contribution in [2.45, 2.75) is 25.7 Å². The monoisotopic (exact) mass is 581 g/mol.